The molecular formula is C27H32N4O3S. The maximum absolute atomic E-state index is 13.0. The van der Waals surface area contributed by atoms with Crippen LogP contribution in [0.5, 0.6) is 0 Å². The number of hydrogen-bond donors (Lipinski definition) is 2. The van der Waals surface area contributed by atoms with Gasteiger partial charge >= 0.3 is 0 Å². The molecule has 0 saturated carbocycles. The molecule has 3 aromatic carbocycles. The highest BCUT2D eigenvalue weighted by Gasteiger charge is 2.19. The van der Waals surface area contributed by atoms with Crippen molar-refractivity contribution < 1.29 is 13.2 Å². The Kier molecular flexibility index (Phi) is 7.42. The molecule has 7 nitrogen and oxygen atoms in total. The second-order valence-electron chi connectivity index (χ2n) is 8.87. The van der Waals surface area contributed by atoms with Gasteiger partial charge in [0.2, 0.25) is 0 Å². The molecule has 1 heterocycles. The van der Waals surface area contributed by atoms with Gasteiger partial charge in [-0.1, -0.05) is 30.7 Å². The summed E-state index contributed by atoms with van der Waals surface area (Å²) in [6.07, 6.45) is 0. The maximum Gasteiger partial charge on any atom is 0.261 e. The Hall–Kier alpha value is -3.36. The highest BCUT2D eigenvalue weighted by atomic mass is 32.2. The van der Waals surface area contributed by atoms with Crippen LogP contribution in [0.1, 0.15) is 28.4 Å². The first-order chi connectivity index (χ1) is 16.7. The number of nitrogens with zero attached hydrogens (tertiary/aromatic N) is 2. The molecule has 1 aliphatic rings. The summed E-state index contributed by atoms with van der Waals surface area (Å²) < 4.78 is 28.3. The van der Waals surface area contributed by atoms with Crippen molar-refractivity contribution in [2.75, 3.05) is 47.7 Å². The van der Waals surface area contributed by atoms with Crippen LogP contribution in [0, 0.1) is 13.8 Å². The van der Waals surface area contributed by atoms with Gasteiger partial charge < -0.3 is 15.1 Å². The summed E-state index contributed by atoms with van der Waals surface area (Å²) in [7, 11) is -3.83. The van der Waals surface area contributed by atoms with Crippen LogP contribution >= 0.6 is 0 Å². The van der Waals surface area contributed by atoms with Gasteiger partial charge in [-0.15, -0.1) is 0 Å². The smallest absolute Gasteiger partial charge is 0.261 e. The molecule has 1 amide bonds. The van der Waals surface area contributed by atoms with Crippen LogP contribution in [0.4, 0.5) is 17.1 Å². The number of benzene rings is 3. The van der Waals surface area contributed by atoms with Crippen LogP contribution in [-0.2, 0) is 10.0 Å². The SMILES string of the molecule is CCN1CCN(c2ccc(NC(=O)c3cccc(S(=O)(=O)Nc4ccc(C)cc4)c3)c(C)c2)CC1. The Morgan fingerprint density at radius 3 is 2.29 bits per heavy atom. The molecule has 0 atom stereocenters. The van der Waals surface area contributed by atoms with Crippen LogP contribution < -0.4 is 14.9 Å². The van der Waals surface area contributed by atoms with Gasteiger partial charge in [0.05, 0.1) is 4.90 Å². The molecule has 4 rings (SSSR count). The van der Waals surface area contributed by atoms with Gasteiger partial charge in [-0.05, 0) is 74.5 Å². The average Bonchev–Trinajstić information content (AvgIpc) is 2.86. The summed E-state index contributed by atoms with van der Waals surface area (Å²) in [4.78, 5) is 17.8. The molecule has 0 unspecified atom stereocenters. The summed E-state index contributed by atoms with van der Waals surface area (Å²) in [5.74, 6) is -0.357. The lowest BCUT2D eigenvalue weighted by atomic mass is 10.1. The second-order valence-corrected chi connectivity index (χ2v) is 10.6. The largest absolute Gasteiger partial charge is 0.369 e. The highest BCUT2D eigenvalue weighted by Crippen LogP contribution is 2.25. The molecule has 8 heteroatoms. The van der Waals surface area contributed by atoms with Crippen molar-refractivity contribution in [1.82, 2.24) is 4.90 Å². The summed E-state index contributed by atoms with van der Waals surface area (Å²) in [6, 6.07) is 19.2. The van der Waals surface area contributed by atoms with Gasteiger partial charge in [0.25, 0.3) is 15.9 Å². The third-order valence-corrected chi connectivity index (χ3v) is 7.73. The second kappa shape index (κ2) is 10.5. The first-order valence-corrected chi connectivity index (χ1v) is 13.3. The summed E-state index contributed by atoms with van der Waals surface area (Å²) >= 11 is 0. The lowest BCUT2D eigenvalue weighted by Crippen LogP contribution is -2.46. The minimum absolute atomic E-state index is 0.0315. The minimum atomic E-state index is -3.83. The van der Waals surface area contributed by atoms with E-state index in [-0.39, 0.29) is 16.4 Å². The van der Waals surface area contributed by atoms with Crippen LogP contribution in [0.15, 0.2) is 71.6 Å². The number of sulfonamides is 1. The number of carbonyl (C=O) groups is 1. The minimum Gasteiger partial charge on any atom is -0.369 e. The molecule has 2 N–H and O–H groups in total. The third kappa shape index (κ3) is 6.01. The van der Waals surface area contributed by atoms with Crippen molar-refractivity contribution in [3.05, 3.63) is 83.4 Å². The number of anilines is 3. The number of rotatable bonds is 7. The van der Waals surface area contributed by atoms with E-state index in [0.29, 0.717) is 11.4 Å². The molecule has 1 fully saturated rings. The average molecular weight is 493 g/mol. The zero-order valence-electron chi connectivity index (χ0n) is 20.4. The van der Waals surface area contributed by atoms with Crippen LogP contribution in [0.25, 0.3) is 0 Å². The molecule has 1 saturated heterocycles. The number of piperazine rings is 1. The fourth-order valence-corrected chi connectivity index (χ4v) is 5.25. The van der Waals surface area contributed by atoms with Gasteiger partial charge in [0.15, 0.2) is 0 Å². The van der Waals surface area contributed by atoms with E-state index in [1.807, 2.05) is 38.1 Å². The lowest BCUT2D eigenvalue weighted by Gasteiger charge is -2.35. The van der Waals surface area contributed by atoms with Crippen molar-refractivity contribution in [2.24, 2.45) is 0 Å². The van der Waals surface area contributed by atoms with E-state index in [2.05, 4.69) is 32.8 Å². The molecule has 0 aliphatic carbocycles. The van der Waals surface area contributed by atoms with E-state index in [1.165, 1.54) is 12.1 Å². The molecule has 35 heavy (non-hydrogen) atoms. The molecule has 0 spiro atoms. The van der Waals surface area contributed by atoms with E-state index in [1.54, 1.807) is 24.3 Å². The first-order valence-electron chi connectivity index (χ1n) is 11.8. The first kappa shape index (κ1) is 24.8. The molecular weight excluding hydrogens is 460 g/mol. The molecule has 0 bridgehead atoms. The van der Waals surface area contributed by atoms with Gasteiger partial charge in [0, 0.05) is 48.8 Å². The standard InChI is InChI=1S/C27H32N4O3S/c1-4-30-14-16-31(17-15-30)24-12-13-26(21(3)18-24)28-27(32)22-6-5-7-25(19-22)35(33,34)29-23-10-8-20(2)9-11-23/h5-13,18-19,29H,4,14-17H2,1-3H3,(H,28,32). The van der Waals surface area contributed by atoms with E-state index in [4.69, 9.17) is 0 Å². The van der Waals surface area contributed by atoms with Crippen LogP contribution in [0.3, 0.4) is 0 Å². The molecule has 1 aliphatic heterocycles. The number of aryl methyl sites for hydroxylation is 2. The van der Waals surface area contributed by atoms with Crippen molar-refractivity contribution in [3.8, 4) is 0 Å². The summed E-state index contributed by atoms with van der Waals surface area (Å²) in [6.45, 7) is 11.2. The van der Waals surface area contributed by atoms with E-state index >= 15 is 0 Å². The Labute approximate surface area is 207 Å². The van der Waals surface area contributed by atoms with Crippen LogP contribution in [-0.4, -0.2) is 51.9 Å². The van der Waals surface area contributed by atoms with Gasteiger partial charge in [0.1, 0.15) is 0 Å². The zero-order chi connectivity index (χ0) is 25.0. The van der Waals surface area contributed by atoms with Gasteiger partial charge in [-0.2, -0.15) is 0 Å². The van der Waals surface area contributed by atoms with Crippen molar-refractivity contribution >= 4 is 33.0 Å². The quantitative estimate of drug-likeness (QED) is 0.508. The maximum atomic E-state index is 13.0. The highest BCUT2D eigenvalue weighted by molar-refractivity contribution is 7.92. The number of hydrogen-bond acceptors (Lipinski definition) is 5. The van der Waals surface area contributed by atoms with Crippen molar-refractivity contribution in [3.63, 3.8) is 0 Å². The normalized spacial score (nSPS) is 14.5. The Balaban J connectivity index is 1.45. The van der Waals surface area contributed by atoms with E-state index < -0.39 is 10.0 Å². The Morgan fingerprint density at radius 2 is 1.63 bits per heavy atom. The monoisotopic (exact) mass is 492 g/mol. The van der Waals surface area contributed by atoms with Crippen molar-refractivity contribution in [2.45, 2.75) is 25.7 Å². The van der Waals surface area contributed by atoms with Gasteiger partial charge in [-0.25, -0.2) is 8.42 Å². The lowest BCUT2D eigenvalue weighted by molar-refractivity contribution is 0.102. The topological polar surface area (TPSA) is 81.8 Å². The summed E-state index contributed by atoms with van der Waals surface area (Å²) in [5.41, 5.74) is 4.59. The fourth-order valence-electron chi connectivity index (χ4n) is 4.14. The number of nitrogens with one attached hydrogen (secondary N) is 2. The molecule has 0 radical (unpaired) electrons. The number of carbonyl (C=O) groups excluding carboxylic acids is 1. The predicted molar refractivity (Wildman–Crippen MR) is 142 cm³/mol. The number of amides is 1. The van der Waals surface area contributed by atoms with Gasteiger partial charge in [-0.3, -0.25) is 9.52 Å². The Morgan fingerprint density at radius 1 is 0.914 bits per heavy atom. The van der Waals surface area contributed by atoms with Crippen LogP contribution in [0.2, 0.25) is 0 Å². The third-order valence-electron chi connectivity index (χ3n) is 6.35. The molecule has 0 aromatic heterocycles. The number of likely N-dealkylation sites (N-methyl/N-ethyl adjacent to an activating group) is 1. The Bertz CT molecular complexity index is 1300. The van der Waals surface area contributed by atoms with E-state index in [9.17, 15) is 13.2 Å². The molecule has 184 valence electrons. The zero-order valence-corrected chi connectivity index (χ0v) is 21.2. The van der Waals surface area contributed by atoms with E-state index in [0.717, 1.165) is 49.5 Å². The molecule has 3 aromatic rings. The summed E-state index contributed by atoms with van der Waals surface area (Å²) in [5, 5.41) is 2.93. The predicted octanol–water partition coefficient (Wildman–Crippen LogP) is 4.50. The fraction of sp³-hybridized carbons (Fsp3) is 0.296. The van der Waals surface area contributed by atoms with Crippen molar-refractivity contribution in [1.29, 1.82) is 0 Å².